The van der Waals surface area contributed by atoms with E-state index in [4.69, 9.17) is 16.9 Å². The second-order valence-electron chi connectivity index (χ2n) is 7.40. The smallest absolute Gasteiger partial charge is 0.235 e. The van der Waals surface area contributed by atoms with Gasteiger partial charge in [0.2, 0.25) is 11.8 Å². The summed E-state index contributed by atoms with van der Waals surface area (Å²) in [4.78, 5) is 31.6. The number of anilines is 1. The Morgan fingerprint density at radius 1 is 1.23 bits per heavy atom. The van der Waals surface area contributed by atoms with Gasteiger partial charge in [-0.3, -0.25) is 19.5 Å². The summed E-state index contributed by atoms with van der Waals surface area (Å²) >= 11 is 6.21. The van der Waals surface area contributed by atoms with Gasteiger partial charge in [-0.25, -0.2) is 0 Å². The first-order chi connectivity index (χ1) is 15.0. The van der Waals surface area contributed by atoms with Crippen molar-refractivity contribution in [3.8, 4) is 6.07 Å². The van der Waals surface area contributed by atoms with E-state index in [1.54, 1.807) is 18.5 Å². The van der Waals surface area contributed by atoms with Crippen LogP contribution in [-0.4, -0.2) is 41.3 Å². The number of nitrogens with one attached hydrogen (secondary N) is 2. The number of aromatic nitrogens is 1. The van der Waals surface area contributed by atoms with Crippen molar-refractivity contribution in [1.29, 1.82) is 5.26 Å². The standard InChI is InChI=1S/C23H20ClN5O2/c24-17-6-5-16-12-29(14-22(30)27-8-7-25)13-20(19(16)9-17)23(31)28-21-11-26-10-15-3-1-2-4-18(15)21/h1-6,9-11,20H,8,12-14H2,(H,27,30)(H,28,31)/t20-/m1/s1. The summed E-state index contributed by atoms with van der Waals surface area (Å²) in [6.07, 6.45) is 3.39. The van der Waals surface area contributed by atoms with Crippen LogP contribution in [0.3, 0.4) is 0 Å². The van der Waals surface area contributed by atoms with Crippen molar-refractivity contribution < 1.29 is 9.59 Å². The maximum Gasteiger partial charge on any atom is 0.235 e. The lowest BCUT2D eigenvalue weighted by Crippen LogP contribution is -2.44. The van der Waals surface area contributed by atoms with Crippen molar-refractivity contribution >= 4 is 39.9 Å². The maximum atomic E-state index is 13.3. The molecular formula is C23H20ClN5O2. The van der Waals surface area contributed by atoms with Gasteiger partial charge in [-0.1, -0.05) is 41.9 Å². The third-order valence-corrected chi connectivity index (χ3v) is 5.53. The van der Waals surface area contributed by atoms with Crippen LogP contribution in [0, 0.1) is 11.3 Å². The van der Waals surface area contributed by atoms with Gasteiger partial charge in [0.15, 0.2) is 0 Å². The molecule has 0 spiro atoms. The predicted octanol–water partition coefficient (Wildman–Crippen LogP) is 3.07. The molecule has 0 aliphatic carbocycles. The largest absolute Gasteiger partial charge is 0.342 e. The van der Waals surface area contributed by atoms with Crippen molar-refractivity contribution in [3.63, 3.8) is 0 Å². The summed E-state index contributed by atoms with van der Waals surface area (Å²) < 4.78 is 0. The molecule has 0 radical (unpaired) electrons. The summed E-state index contributed by atoms with van der Waals surface area (Å²) in [5.41, 5.74) is 2.43. The quantitative estimate of drug-likeness (QED) is 0.602. The van der Waals surface area contributed by atoms with Crippen LogP contribution in [0.5, 0.6) is 0 Å². The van der Waals surface area contributed by atoms with Crippen molar-refractivity contribution in [1.82, 2.24) is 15.2 Å². The van der Waals surface area contributed by atoms with Crippen LogP contribution in [0.15, 0.2) is 54.9 Å². The molecule has 1 aliphatic heterocycles. The number of halogens is 1. The molecule has 2 heterocycles. The molecule has 1 atom stereocenters. The molecule has 2 amide bonds. The number of fused-ring (bicyclic) bond motifs is 2. The molecule has 1 aliphatic rings. The van der Waals surface area contributed by atoms with Crippen LogP contribution < -0.4 is 10.6 Å². The lowest BCUT2D eigenvalue weighted by molar-refractivity contribution is -0.123. The number of pyridine rings is 1. The lowest BCUT2D eigenvalue weighted by atomic mass is 9.89. The minimum Gasteiger partial charge on any atom is -0.342 e. The van der Waals surface area contributed by atoms with E-state index in [-0.39, 0.29) is 24.9 Å². The number of amides is 2. The first-order valence-corrected chi connectivity index (χ1v) is 10.2. The minimum atomic E-state index is -0.509. The van der Waals surface area contributed by atoms with Crippen LogP contribution in [0.4, 0.5) is 5.69 Å². The van der Waals surface area contributed by atoms with E-state index < -0.39 is 5.92 Å². The van der Waals surface area contributed by atoms with Gasteiger partial charge >= 0.3 is 0 Å². The molecule has 0 bridgehead atoms. The fourth-order valence-electron chi connectivity index (χ4n) is 3.87. The predicted molar refractivity (Wildman–Crippen MR) is 118 cm³/mol. The van der Waals surface area contributed by atoms with Crippen molar-refractivity contribution in [2.45, 2.75) is 12.5 Å². The molecule has 2 N–H and O–H groups in total. The Kier molecular flexibility index (Phi) is 6.12. The molecule has 8 heteroatoms. The molecule has 1 aromatic heterocycles. The summed E-state index contributed by atoms with van der Waals surface area (Å²) in [6.45, 7) is 0.934. The van der Waals surface area contributed by atoms with Gasteiger partial charge in [0, 0.05) is 35.1 Å². The SMILES string of the molecule is N#CCNC(=O)CN1Cc2ccc(Cl)cc2[C@H](C(=O)Nc2cncc3ccccc23)C1. The molecule has 0 fully saturated rings. The van der Waals surface area contributed by atoms with Crippen LogP contribution in [-0.2, 0) is 16.1 Å². The number of nitriles is 1. The Hall–Kier alpha value is -3.47. The number of carbonyl (C=O) groups excluding carboxylic acids is 2. The highest BCUT2D eigenvalue weighted by atomic mass is 35.5. The third kappa shape index (κ3) is 4.66. The number of hydrogen-bond acceptors (Lipinski definition) is 5. The van der Waals surface area contributed by atoms with Gasteiger partial charge in [0.25, 0.3) is 0 Å². The molecular weight excluding hydrogens is 414 g/mol. The first-order valence-electron chi connectivity index (χ1n) is 9.83. The lowest BCUT2D eigenvalue weighted by Gasteiger charge is -2.33. The molecule has 0 saturated heterocycles. The minimum absolute atomic E-state index is 0.0448. The van der Waals surface area contributed by atoms with E-state index in [0.717, 1.165) is 21.9 Å². The number of benzene rings is 2. The molecule has 2 aromatic carbocycles. The Morgan fingerprint density at radius 2 is 2.06 bits per heavy atom. The van der Waals surface area contributed by atoms with E-state index in [1.807, 2.05) is 47.4 Å². The number of hydrogen-bond donors (Lipinski definition) is 2. The van der Waals surface area contributed by atoms with Gasteiger partial charge in [-0.2, -0.15) is 5.26 Å². The summed E-state index contributed by atoms with van der Waals surface area (Å²) in [5, 5.41) is 16.6. The van der Waals surface area contributed by atoms with Crippen molar-refractivity contribution in [2.75, 3.05) is 25.0 Å². The fourth-order valence-corrected chi connectivity index (χ4v) is 4.05. The van der Waals surface area contributed by atoms with Crippen molar-refractivity contribution in [3.05, 3.63) is 71.0 Å². The van der Waals surface area contributed by atoms with E-state index in [0.29, 0.717) is 23.8 Å². The number of nitrogens with zero attached hydrogens (tertiary/aromatic N) is 3. The fraction of sp³-hybridized carbons (Fsp3) is 0.217. The van der Waals surface area contributed by atoms with Crippen LogP contribution >= 0.6 is 11.6 Å². The summed E-state index contributed by atoms with van der Waals surface area (Å²) in [6, 6.07) is 15.1. The second kappa shape index (κ2) is 9.13. The molecule has 3 aromatic rings. The molecule has 4 rings (SSSR count). The first kappa shape index (κ1) is 20.8. The molecule has 0 saturated carbocycles. The third-order valence-electron chi connectivity index (χ3n) is 5.29. The van der Waals surface area contributed by atoms with Gasteiger partial charge in [0.05, 0.1) is 30.4 Å². The van der Waals surface area contributed by atoms with E-state index >= 15 is 0 Å². The highest BCUT2D eigenvalue weighted by Crippen LogP contribution is 2.32. The Balaban J connectivity index is 1.60. The Bertz CT molecular complexity index is 1180. The maximum absolute atomic E-state index is 13.3. The van der Waals surface area contributed by atoms with Crippen LogP contribution in [0.2, 0.25) is 5.02 Å². The van der Waals surface area contributed by atoms with Gasteiger partial charge in [0.1, 0.15) is 6.54 Å². The normalized spacial score (nSPS) is 15.7. The Morgan fingerprint density at radius 3 is 2.90 bits per heavy atom. The summed E-state index contributed by atoms with van der Waals surface area (Å²) in [5.74, 6) is -0.953. The van der Waals surface area contributed by atoms with Gasteiger partial charge < -0.3 is 10.6 Å². The van der Waals surface area contributed by atoms with Crippen molar-refractivity contribution in [2.24, 2.45) is 0 Å². The van der Waals surface area contributed by atoms with Gasteiger partial charge in [-0.15, -0.1) is 0 Å². The van der Waals surface area contributed by atoms with E-state index in [2.05, 4.69) is 15.6 Å². The molecule has 31 heavy (non-hydrogen) atoms. The Labute approximate surface area is 184 Å². The zero-order valence-electron chi connectivity index (χ0n) is 16.6. The average molecular weight is 434 g/mol. The van der Waals surface area contributed by atoms with E-state index in [1.165, 1.54) is 0 Å². The highest BCUT2D eigenvalue weighted by molar-refractivity contribution is 6.30. The topological polar surface area (TPSA) is 98.1 Å². The molecule has 7 nitrogen and oxygen atoms in total. The van der Waals surface area contributed by atoms with Crippen LogP contribution in [0.25, 0.3) is 10.8 Å². The summed E-state index contributed by atoms with van der Waals surface area (Å²) in [7, 11) is 0. The van der Waals surface area contributed by atoms with Gasteiger partial charge in [-0.05, 0) is 23.3 Å². The highest BCUT2D eigenvalue weighted by Gasteiger charge is 2.32. The van der Waals surface area contributed by atoms with Crippen LogP contribution in [0.1, 0.15) is 17.0 Å². The number of rotatable bonds is 5. The zero-order chi connectivity index (χ0) is 21.8. The molecule has 156 valence electrons. The average Bonchev–Trinajstić information content (AvgIpc) is 2.77. The molecule has 0 unspecified atom stereocenters. The van der Waals surface area contributed by atoms with E-state index in [9.17, 15) is 9.59 Å². The second-order valence-corrected chi connectivity index (χ2v) is 7.83. The zero-order valence-corrected chi connectivity index (χ0v) is 17.4. The monoisotopic (exact) mass is 433 g/mol. The number of carbonyl (C=O) groups is 2.